The molecule has 5 heteroatoms. The Morgan fingerprint density at radius 1 is 1.37 bits per heavy atom. The SMILES string of the molecule is CC(C)c1nc(Cl)nc2c1CN(CC(C)(C)O)CC2. The average molecular weight is 284 g/mol. The third-order valence-electron chi connectivity index (χ3n) is 3.30. The zero-order valence-corrected chi connectivity index (χ0v) is 12.8. The van der Waals surface area contributed by atoms with Crippen LogP contribution in [-0.2, 0) is 13.0 Å². The van der Waals surface area contributed by atoms with E-state index in [1.54, 1.807) is 0 Å². The van der Waals surface area contributed by atoms with E-state index < -0.39 is 5.60 Å². The fourth-order valence-electron chi connectivity index (χ4n) is 2.62. The van der Waals surface area contributed by atoms with E-state index in [0.717, 1.165) is 30.9 Å². The molecule has 2 rings (SSSR count). The van der Waals surface area contributed by atoms with Gasteiger partial charge in [-0.15, -0.1) is 0 Å². The van der Waals surface area contributed by atoms with Gasteiger partial charge in [-0.05, 0) is 31.4 Å². The highest BCUT2D eigenvalue weighted by Gasteiger charge is 2.26. The number of fused-ring (bicyclic) bond motifs is 1. The van der Waals surface area contributed by atoms with Crippen molar-refractivity contribution in [1.29, 1.82) is 0 Å². The second-order valence-electron chi connectivity index (χ2n) is 6.23. The van der Waals surface area contributed by atoms with Gasteiger partial charge in [-0.3, -0.25) is 4.90 Å². The predicted molar refractivity (Wildman–Crippen MR) is 76.4 cm³/mol. The maximum Gasteiger partial charge on any atom is 0.222 e. The first-order chi connectivity index (χ1) is 8.76. The Kier molecular flexibility index (Phi) is 4.14. The van der Waals surface area contributed by atoms with Crippen molar-refractivity contribution >= 4 is 11.6 Å². The van der Waals surface area contributed by atoms with E-state index in [0.29, 0.717) is 17.7 Å². The lowest BCUT2D eigenvalue weighted by atomic mass is 9.97. The Hall–Kier alpha value is -0.710. The molecule has 0 fully saturated rings. The predicted octanol–water partition coefficient (Wildman–Crippen LogP) is 2.38. The summed E-state index contributed by atoms with van der Waals surface area (Å²) in [5.74, 6) is 0.330. The number of rotatable bonds is 3. The molecule has 0 bridgehead atoms. The molecule has 2 heterocycles. The lowest BCUT2D eigenvalue weighted by Crippen LogP contribution is -2.42. The van der Waals surface area contributed by atoms with E-state index in [1.165, 1.54) is 5.56 Å². The summed E-state index contributed by atoms with van der Waals surface area (Å²) in [6.07, 6.45) is 0.868. The molecule has 0 spiro atoms. The zero-order valence-electron chi connectivity index (χ0n) is 12.1. The first-order valence-electron chi connectivity index (χ1n) is 6.76. The average Bonchev–Trinajstić information content (AvgIpc) is 2.26. The second-order valence-corrected chi connectivity index (χ2v) is 6.57. The summed E-state index contributed by atoms with van der Waals surface area (Å²) >= 11 is 5.99. The van der Waals surface area contributed by atoms with Crippen molar-refractivity contribution in [1.82, 2.24) is 14.9 Å². The molecule has 1 aromatic rings. The van der Waals surface area contributed by atoms with Crippen LogP contribution in [-0.4, -0.2) is 38.7 Å². The Morgan fingerprint density at radius 2 is 2.05 bits per heavy atom. The Bertz CT molecular complexity index is 468. The van der Waals surface area contributed by atoms with Gasteiger partial charge in [0, 0.05) is 31.6 Å². The largest absolute Gasteiger partial charge is 0.389 e. The first kappa shape index (κ1) is 14.7. The summed E-state index contributed by atoms with van der Waals surface area (Å²) in [7, 11) is 0. The van der Waals surface area contributed by atoms with Crippen LogP contribution >= 0.6 is 11.6 Å². The lowest BCUT2D eigenvalue weighted by molar-refractivity contribution is 0.0313. The monoisotopic (exact) mass is 283 g/mol. The maximum atomic E-state index is 9.95. The number of aromatic nitrogens is 2. The van der Waals surface area contributed by atoms with Crippen LogP contribution in [0.2, 0.25) is 5.28 Å². The summed E-state index contributed by atoms with van der Waals surface area (Å²) in [4.78, 5) is 11.0. The number of hydrogen-bond acceptors (Lipinski definition) is 4. The highest BCUT2D eigenvalue weighted by atomic mass is 35.5. The van der Waals surface area contributed by atoms with E-state index in [9.17, 15) is 5.11 Å². The minimum atomic E-state index is -0.678. The molecule has 4 nitrogen and oxygen atoms in total. The molecule has 0 atom stereocenters. The van der Waals surface area contributed by atoms with Gasteiger partial charge in [0.05, 0.1) is 17.0 Å². The highest BCUT2D eigenvalue weighted by molar-refractivity contribution is 6.28. The van der Waals surface area contributed by atoms with Crippen molar-refractivity contribution in [2.45, 2.75) is 52.2 Å². The molecule has 1 aliphatic rings. The van der Waals surface area contributed by atoms with Crippen LogP contribution in [0.15, 0.2) is 0 Å². The summed E-state index contributed by atoms with van der Waals surface area (Å²) in [5, 5.41) is 10.3. The van der Waals surface area contributed by atoms with Gasteiger partial charge in [0.25, 0.3) is 0 Å². The van der Waals surface area contributed by atoms with Crippen LogP contribution in [0.3, 0.4) is 0 Å². The Balaban J connectivity index is 2.28. The molecule has 0 aliphatic carbocycles. The quantitative estimate of drug-likeness (QED) is 0.866. The van der Waals surface area contributed by atoms with Gasteiger partial charge in [-0.1, -0.05) is 13.8 Å². The van der Waals surface area contributed by atoms with Crippen LogP contribution in [0.5, 0.6) is 0 Å². The van der Waals surface area contributed by atoms with Crippen LogP contribution in [0.25, 0.3) is 0 Å². The molecule has 0 saturated heterocycles. The Labute approximate surface area is 119 Å². The van der Waals surface area contributed by atoms with Gasteiger partial charge in [-0.25, -0.2) is 9.97 Å². The number of hydrogen-bond donors (Lipinski definition) is 1. The van der Waals surface area contributed by atoms with E-state index in [1.807, 2.05) is 13.8 Å². The molecule has 1 aromatic heterocycles. The second kappa shape index (κ2) is 5.35. The third-order valence-corrected chi connectivity index (χ3v) is 3.47. The van der Waals surface area contributed by atoms with Gasteiger partial charge in [-0.2, -0.15) is 0 Å². The number of aliphatic hydroxyl groups is 1. The van der Waals surface area contributed by atoms with Crippen molar-refractivity contribution in [2.75, 3.05) is 13.1 Å². The van der Waals surface area contributed by atoms with Gasteiger partial charge in [0.2, 0.25) is 5.28 Å². The summed E-state index contributed by atoms with van der Waals surface area (Å²) in [6.45, 7) is 10.3. The molecule has 1 aliphatic heterocycles. The maximum absolute atomic E-state index is 9.95. The summed E-state index contributed by atoms with van der Waals surface area (Å²) < 4.78 is 0. The fraction of sp³-hybridized carbons (Fsp3) is 0.714. The molecule has 0 amide bonds. The standard InChI is InChI=1S/C14H22ClN3O/c1-9(2)12-10-7-18(8-14(3,4)19)6-5-11(10)16-13(15)17-12/h9,19H,5-8H2,1-4H3. The molecule has 106 valence electrons. The number of nitrogens with zero attached hydrogens (tertiary/aromatic N) is 3. The van der Waals surface area contributed by atoms with Gasteiger partial charge >= 0.3 is 0 Å². The van der Waals surface area contributed by atoms with Crippen LogP contribution in [0, 0.1) is 0 Å². The molecule has 1 N–H and O–H groups in total. The molecule has 0 aromatic carbocycles. The molecule has 0 unspecified atom stereocenters. The summed E-state index contributed by atoms with van der Waals surface area (Å²) in [6, 6.07) is 0. The van der Waals surface area contributed by atoms with Gasteiger partial charge in [0.1, 0.15) is 0 Å². The molecule has 0 radical (unpaired) electrons. The van der Waals surface area contributed by atoms with Crippen molar-refractivity contribution in [3.8, 4) is 0 Å². The molecular formula is C14H22ClN3O. The van der Waals surface area contributed by atoms with Gasteiger partial charge in [0.15, 0.2) is 0 Å². The van der Waals surface area contributed by atoms with Crippen molar-refractivity contribution in [3.05, 3.63) is 22.2 Å². The molecular weight excluding hydrogens is 262 g/mol. The highest BCUT2D eigenvalue weighted by Crippen LogP contribution is 2.27. The van der Waals surface area contributed by atoms with E-state index >= 15 is 0 Å². The molecule has 0 saturated carbocycles. The normalized spacial score (nSPS) is 16.8. The number of halogens is 1. The zero-order chi connectivity index (χ0) is 14.2. The van der Waals surface area contributed by atoms with E-state index in [-0.39, 0.29) is 0 Å². The van der Waals surface area contributed by atoms with Gasteiger partial charge < -0.3 is 5.11 Å². The van der Waals surface area contributed by atoms with Crippen molar-refractivity contribution in [3.63, 3.8) is 0 Å². The van der Waals surface area contributed by atoms with Crippen LogP contribution in [0.4, 0.5) is 0 Å². The van der Waals surface area contributed by atoms with Crippen molar-refractivity contribution in [2.24, 2.45) is 0 Å². The third kappa shape index (κ3) is 3.65. The van der Waals surface area contributed by atoms with E-state index in [2.05, 4.69) is 28.7 Å². The molecule has 19 heavy (non-hydrogen) atoms. The number of β-amino-alcohol motifs (C(OH)–C–C–N with tert-alkyl or cyclic N) is 1. The summed E-state index contributed by atoms with van der Waals surface area (Å²) in [5.41, 5.74) is 2.61. The Morgan fingerprint density at radius 3 is 2.63 bits per heavy atom. The minimum Gasteiger partial charge on any atom is -0.389 e. The smallest absolute Gasteiger partial charge is 0.222 e. The van der Waals surface area contributed by atoms with Crippen molar-refractivity contribution < 1.29 is 5.11 Å². The fourth-order valence-corrected chi connectivity index (χ4v) is 2.82. The first-order valence-corrected chi connectivity index (χ1v) is 7.14. The van der Waals surface area contributed by atoms with E-state index in [4.69, 9.17) is 11.6 Å². The van der Waals surface area contributed by atoms with Crippen LogP contribution < -0.4 is 0 Å². The van der Waals surface area contributed by atoms with Crippen LogP contribution in [0.1, 0.15) is 50.6 Å². The minimum absolute atomic E-state index is 0.330. The topological polar surface area (TPSA) is 49.2 Å². The lowest BCUT2D eigenvalue weighted by Gasteiger charge is -2.33.